The molecule has 6 heteroatoms. The minimum absolute atomic E-state index is 0.0701. The molecule has 2 aromatic carbocycles. The molecule has 0 atom stereocenters. The zero-order chi connectivity index (χ0) is 15.4. The van der Waals surface area contributed by atoms with Crippen molar-refractivity contribution in [2.24, 2.45) is 0 Å². The lowest BCUT2D eigenvalue weighted by atomic mass is 10.2. The SMILES string of the molecule is COC(=O)c1cc(NCc2ccc(F)c(Cl)c2)ccc1Cl. The van der Waals surface area contributed by atoms with Crippen molar-refractivity contribution in [2.75, 3.05) is 12.4 Å². The van der Waals surface area contributed by atoms with E-state index in [1.807, 2.05) is 0 Å². The molecule has 0 aromatic heterocycles. The van der Waals surface area contributed by atoms with Gasteiger partial charge in [-0.2, -0.15) is 0 Å². The number of esters is 1. The number of benzene rings is 2. The summed E-state index contributed by atoms with van der Waals surface area (Å²) in [5.74, 6) is -0.964. The van der Waals surface area contributed by atoms with Gasteiger partial charge in [0, 0.05) is 12.2 Å². The van der Waals surface area contributed by atoms with Crippen LogP contribution in [-0.4, -0.2) is 13.1 Å². The van der Waals surface area contributed by atoms with E-state index in [9.17, 15) is 9.18 Å². The lowest BCUT2D eigenvalue weighted by Gasteiger charge is -2.09. The molecule has 0 unspecified atom stereocenters. The largest absolute Gasteiger partial charge is 0.465 e. The normalized spacial score (nSPS) is 10.3. The molecule has 0 aliphatic heterocycles. The molecule has 110 valence electrons. The van der Waals surface area contributed by atoms with Crippen molar-refractivity contribution < 1.29 is 13.9 Å². The maximum atomic E-state index is 13.1. The van der Waals surface area contributed by atoms with Crippen LogP contribution in [0.15, 0.2) is 36.4 Å². The average Bonchev–Trinajstić information content (AvgIpc) is 2.49. The van der Waals surface area contributed by atoms with E-state index in [2.05, 4.69) is 10.1 Å². The van der Waals surface area contributed by atoms with Crippen LogP contribution in [0, 0.1) is 5.82 Å². The summed E-state index contributed by atoms with van der Waals surface area (Å²) in [6.45, 7) is 0.433. The molecule has 0 aliphatic carbocycles. The zero-order valence-electron chi connectivity index (χ0n) is 11.1. The van der Waals surface area contributed by atoms with Crippen LogP contribution in [0.3, 0.4) is 0 Å². The van der Waals surface area contributed by atoms with E-state index in [0.29, 0.717) is 17.3 Å². The fraction of sp³-hybridized carbons (Fsp3) is 0.133. The number of hydrogen-bond donors (Lipinski definition) is 1. The Kier molecular flexibility index (Phi) is 5.04. The summed E-state index contributed by atoms with van der Waals surface area (Å²) in [5.41, 5.74) is 1.79. The second-order valence-corrected chi connectivity index (χ2v) is 5.10. The number of rotatable bonds is 4. The number of ether oxygens (including phenoxy) is 1. The number of nitrogens with one attached hydrogen (secondary N) is 1. The molecular formula is C15H12Cl2FNO2. The van der Waals surface area contributed by atoms with Gasteiger partial charge in [0.2, 0.25) is 0 Å². The van der Waals surface area contributed by atoms with Gasteiger partial charge in [-0.05, 0) is 35.9 Å². The van der Waals surface area contributed by atoms with Crippen LogP contribution in [0.25, 0.3) is 0 Å². The summed E-state index contributed by atoms with van der Waals surface area (Å²) in [7, 11) is 1.29. The van der Waals surface area contributed by atoms with E-state index in [4.69, 9.17) is 23.2 Å². The molecule has 0 saturated heterocycles. The van der Waals surface area contributed by atoms with Crippen molar-refractivity contribution in [2.45, 2.75) is 6.54 Å². The number of carbonyl (C=O) groups is 1. The molecule has 0 radical (unpaired) electrons. The fourth-order valence-electron chi connectivity index (χ4n) is 1.76. The second-order valence-electron chi connectivity index (χ2n) is 4.29. The summed E-state index contributed by atoms with van der Waals surface area (Å²) >= 11 is 11.7. The quantitative estimate of drug-likeness (QED) is 0.838. The number of hydrogen-bond acceptors (Lipinski definition) is 3. The lowest BCUT2D eigenvalue weighted by molar-refractivity contribution is 0.0601. The Morgan fingerprint density at radius 1 is 1.19 bits per heavy atom. The van der Waals surface area contributed by atoms with Crippen LogP contribution in [-0.2, 0) is 11.3 Å². The van der Waals surface area contributed by atoms with Crippen molar-refractivity contribution in [1.29, 1.82) is 0 Å². The van der Waals surface area contributed by atoms with Crippen LogP contribution in [0.5, 0.6) is 0 Å². The fourth-order valence-corrected chi connectivity index (χ4v) is 2.15. The molecule has 21 heavy (non-hydrogen) atoms. The minimum Gasteiger partial charge on any atom is -0.465 e. The van der Waals surface area contributed by atoms with Crippen LogP contribution >= 0.6 is 23.2 Å². The minimum atomic E-state index is -0.506. The summed E-state index contributed by atoms with van der Waals surface area (Å²) < 4.78 is 17.7. The van der Waals surface area contributed by atoms with Crippen LogP contribution < -0.4 is 5.32 Å². The van der Waals surface area contributed by atoms with Crippen LogP contribution in [0.2, 0.25) is 10.0 Å². The van der Waals surface area contributed by atoms with Gasteiger partial charge in [-0.25, -0.2) is 9.18 Å². The predicted octanol–water partition coefficient (Wildman–Crippen LogP) is 4.53. The molecule has 0 saturated carbocycles. The van der Waals surface area contributed by atoms with Crippen LogP contribution in [0.4, 0.5) is 10.1 Å². The molecule has 0 amide bonds. The van der Waals surface area contributed by atoms with E-state index in [1.54, 1.807) is 30.3 Å². The highest BCUT2D eigenvalue weighted by molar-refractivity contribution is 6.33. The summed E-state index contributed by atoms with van der Waals surface area (Å²) in [6.07, 6.45) is 0. The first-order valence-corrected chi connectivity index (χ1v) is 6.82. The molecule has 0 heterocycles. The third-order valence-corrected chi connectivity index (χ3v) is 3.47. The third-order valence-electron chi connectivity index (χ3n) is 2.85. The van der Waals surface area contributed by atoms with Crippen molar-refractivity contribution in [3.8, 4) is 0 Å². The molecule has 0 fully saturated rings. The van der Waals surface area contributed by atoms with Gasteiger partial charge < -0.3 is 10.1 Å². The van der Waals surface area contributed by atoms with Crippen LogP contribution in [0.1, 0.15) is 15.9 Å². The molecule has 0 aliphatic rings. The first-order valence-electron chi connectivity index (χ1n) is 6.07. The maximum absolute atomic E-state index is 13.1. The molecule has 2 aromatic rings. The van der Waals surface area contributed by atoms with Crippen molar-refractivity contribution >= 4 is 34.9 Å². The highest BCUT2D eigenvalue weighted by Gasteiger charge is 2.11. The number of halogens is 3. The van der Waals surface area contributed by atoms with Crippen molar-refractivity contribution in [1.82, 2.24) is 0 Å². The van der Waals surface area contributed by atoms with Crippen molar-refractivity contribution in [3.63, 3.8) is 0 Å². The Hall–Kier alpha value is -1.78. The third kappa shape index (κ3) is 3.86. The topological polar surface area (TPSA) is 38.3 Å². The molecule has 1 N–H and O–H groups in total. The molecule has 0 spiro atoms. The molecular weight excluding hydrogens is 316 g/mol. The first-order chi connectivity index (χ1) is 10.0. The van der Waals surface area contributed by atoms with E-state index < -0.39 is 11.8 Å². The summed E-state index contributed by atoms with van der Waals surface area (Å²) in [5, 5.41) is 3.49. The Morgan fingerprint density at radius 2 is 1.95 bits per heavy atom. The molecule has 3 nitrogen and oxygen atoms in total. The Morgan fingerprint density at radius 3 is 2.62 bits per heavy atom. The van der Waals surface area contributed by atoms with Gasteiger partial charge in [0.05, 0.1) is 22.7 Å². The van der Waals surface area contributed by atoms with Gasteiger partial charge in [-0.15, -0.1) is 0 Å². The van der Waals surface area contributed by atoms with Gasteiger partial charge in [0.1, 0.15) is 5.82 Å². The van der Waals surface area contributed by atoms with E-state index >= 15 is 0 Å². The van der Waals surface area contributed by atoms with E-state index in [1.165, 1.54) is 13.2 Å². The monoisotopic (exact) mass is 327 g/mol. The number of anilines is 1. The zero-order valence-corrected chi connectivity index (χ0v) is 12.6. The van der Waals surface area contributed by atoms with Gasteiger partial charge in [0.15, 0.2) is 0 Å². The van der Waals surface area contributed by atoms with Gasteiger partial charge >= 0.3 is 5.97 Å². The summed E-state index contributed by atoms with van der Waals surface area (Å²) in [4.78, 5) is 11.5. The molecule has 0 bridgehead atoms. The van der Waals surface area contributed by atoms with E-state index in [0.717, 1.165) is 5.56 Å². The summed E-state index contributed by atoms with van der Waals surface area (Å²) in [6, 6.07) is 9.42. The predicted molar refractivity (Wildman–Crippen MR) is 81.5 cm³/mol. The Bertz CT molecular complexity index is 677. The maximum Gasteiger partial charge on any atom is 0.339 e. The number of methoxy groups -OCH3 is 1. The lowest BCUT2D eigenvalue weighted by Crippen LogP contribution is -2.05. The Balaban J connectivity index is 2.13. The van der Waals surface area contributed by atoms with E-state index in [-0.39, 0.29) is 10.6 Å². The first kappa shape index (κ1) is 15.6. The van der Waals surface area contributed by atoms with Gasteiger partial charge in [0.25, 0.3) is 0 Å². The van der Waals surface area contributed by atoms with Gasteiger partial charge in [-0.1, -0.05) is 29.3 Å². The highest BCUT2D eigenvalue weighted by Crippen LogP contribution is 2.22. The highest BCUT2D eigenvalue weighted by atomic mass is 35.5. The molecule has 2 rings (SSSR count). The second kappa shape index (κ2) is 6.78. The van der Waals surface area contributed by atoms with Crippen molar-refractivity contribution in [3.05, 3.63) is 63.4 Å². The smallest absolute Gasteiger partial charge is 0.339 e. The Labute approximate surface area is 131 Å². The number of carbonyl (C=O) groups excluding carboxylic acids is 1. The standard InChI is InChI=1S/C15H12Cl2FNO2/c1-21-15(20)11-7-10(3-4-12(11)16)19-8-9-2-5-14(18)13(17)6-9/h2-7,19H,8H2,1H3. The van der Waals surface area contributed by atoms with Gasteiger partial charge in [-0.3, -0.25) is 0 Å². The average molecular weight is 328 g/mol.